The van der Waals surface area contributed by atoms with Crippen LogP contribution in [0.25, 0.3) is 11.1 Å². The lowest BCUT2D eigenvalue weighted by Crippen LogP contribution is -2.43. The van der Waals surface area contributed by atoms with Gasteiger partial charge in [0.05, 0.1) is 5.52 Å². The number of fused-ring (bicyclic) bond motifs is 1. The van der Waals surface area contributed by atoms with E-state index < -0.39 is 17.7 Å². The quantitative estimate of drug-likeness (QED) is 0.532. The minimum Gasteiger partial charge on any atom is -0.407 e. The van der Waals surface area contributed by atoms with Gasteiger partial charge >= 0.3 is 5.76 Å². The Hall–Kier alpha value is -2.45. The summed E-state index contributed by atoms with van der Waals surface area (Å²) in [4.78, 5) is 35.8. The number of aromatic nitrogens is 1. The molecule has 0 bridgehead atoms. The number of imide groups is 1. The number of carbonyl (C=O) groups is 2. The number of hydrogen-bond donors (Lipinski definition) is 2. The molecule has 1 aromatic carbocycles. The van der Waals surface area contributed by atoms with Gasteiger partial charge in [-0.1, -0.05) is 12.1 Å². The van der Waals surface area contributed by atoms with Gasteiger partial charge in [0.25, 0.3) is 0 Å². The summed E-state index contributed by atoms with van der Waals surface area (Å²) in [6.45, 7) is 1.86. The Morgan fingerprint density at radius 1 is 1.23 bits per heavy atom. The normalized spacial score (nSPS) is 17.7. The Balaban J connectivity index is 1.78. The molecule has 1 aliphatic rings. The topological polar surface area (TPSA) is 117 Å². The molecule has 8 heteroatoms. The molecule has 1 saturated heterocycles. The minimum absolute atomic E-state index is 0.204. The number of nitrogens with one attached hydrogen (secondary N) is 1. The highest BCUT2D eigenvalue weighted by Gasteiger charge is 2.31. The van der Waals surface area contributed by atoms with Gasteiger partial charge in [-0.2, -0.15) is 0 Å². The maximum atomic E-state index is 12.4. The van der Waals surface area contributed by atoms with E-state index in [-0.39, 0.29) is 12.3 Å². The number of nitrogens with two attached hydrogens (primary N) is 1. The third-order valence-corrected chi connectivity index (χ3v) is 4.47. The predicted octanol–water partition coefficient (Wildman–Crippen LogP) is 0.870. The Labute approximate surface area is 150 Å². The van der Waals surface area contributed by atoms with E-state index in [1.807, 2.05) is 12.1 Å². The number of hydrogen-bond acceptors (Lipinski definition) is 6. The molecule has 26 heavy (non-hydrogen) atoms. The molecule has 0 aliphatic carbocycles. The number of ether oxygens (including phenoxy) is 1. The van der Waals surface area contributed by atoms with Crippen molar-refractivity contribution in [3.05, 3.63) is 34.3 Å². The zero-order valence-electron chi connectivity index (χ0n) is 14.5. The van der Waals surface area contributed by atoms with Gasteiger partial charge < -0.3 is 14.9 Å². The van der Waals surface area contributed by atoms with E-state index in [1.54, 1.807) is 6.07 Å². The van der Waals surface area contributed by atoms with Crippen molar-refractivity contribution < 1.29 is 18.7 Å². The molecule has 1 aromatic heterocycles. The highest BCUT2D eigenvalue weighted by molar-refractivity contribution is 6.00. The molecule has 2 heterocycles. The van der Waals surface area contributed by atoms with Gasteiger partial charge in [0.2, 0.25) is 11.8 Å². The first-order valence-corrected chi connectivity index (χ1v) is 8.86. The largest absolute Gasteiger partial charge is 0.420 e. The summed E-state index contributed by atoms with van der Waals surface area (Å²) < 4.78 is 12.3. The fourth-order valence-corrected chi connectivity index (χ4v) is 3.19. The number of piperidine rings is 1. The summed E-state index contributed by atoms with van der Waals surface area (Å²) in [5.74, 6) is -1.37. The van der Waals surface area contributed by atoms with Crippen molar-refractivity contribution in [2.24, 2.45) is 5.73 Å². The van der Waals surface area contributed by atoms with E-state index in [0.717, 1.165) is 18.4 Å². The van der Waals surface area contributed by atoms with Gasteiger partial charge in [-0.25, -0.2) is 4.79 Å². The lowest BCUT2D eigenvalue weighted by molar-refractivity contribution is -0.135. The first kappa shape index (κ1) is 18.3. The molecule has 8 nitrogen and oxygen atoms in total. The molecule has 1 unspecified atom stereocenters. The second-order valence-corrected chi connectivity index (χ2v) is 6.33. The van der Waals surface area contributed by atoms with Crippen LogP contribution in [-0.2, 0) is 20.7 Å². The fourth-order valence-electron chi connectivity index (χ4n) is 3.19. The number of nitrogens with zero attached hydrogens (tertiary/aromatic N) is 1. The number of benzene rings is 1. The van der Waals surface area contributed by atoms with E-state index in [2.05, 4.69) is 5.32 Å². The third-order valence-electron chi connectivity index (χ3n) is 4.47. The standard InChI is InChI=1S/C18H23N3O5/c19-9-3-11-25-10-2-5-12-4-1-6-13-16(12)26-18(24)21(13)14-7-8-15(22)20-17(14)23/h1,4,6,14H,2-3,5,7-11,19H2,(H,20,22,23). The maximum absolute atomic E-state index is 12.4. The van der Waals surface area contributed by atoms with Gasteiger partial charge in [-0.15, -0.1) is 0 Å². The first-order chi connectivity index (χ1) is 12.6. The third kappa shape index (κ3) is 3.86. The Morgan fingerprint density at radius 2 is 2.04 bits per heavy atom. The minimum atomic E-state index is -0.726. The molecule has 0 radical (unpaired) electrons. The molecular formula is C18H23N3O5. The summed E-state index contributed by atoms with van der Waals surface area (Å²) in [5, 5.41) is 2.28. The summed E-state index contributed by atoms with van der Waals surface area (Å²) >= 11 is 0. The van der Waals surface area contributed by atoms with Crippen LogP contribution in [0.3, 0.4) is 0 Å². The molecule has 3 N–H and O–H groups in total. The van der Waals surface area contributed by atoms with Crippen molar-refractivity contribution >= 4 is 22.9 Å². The van der Waals surface area contributed by atoms with Gasteiger partial charge in [0.15, 0.2) is 5.58 Å². The van der Waals surface area contributed by atoms with Crippen LogP contribution in [0.1, 0.15) is 37.3 Å². The fraction of sp³-hybridized carbons (Fsp3) is 0.500. The van der Waals surface area contributed by atoms with Gasteiger partial charge in [-0.3, -0.25) is 19.5 Å². The van der Waals surface area contributed by atoms with Crippen molar-refractivity contribution in [3.63, 3.8) is 0 Å². The van der Waals surface area contributed by atoms with E-state index >= 15 is 0 Å². The lowest BCUT2D eigenvalue weighted by Gasteiger charge is -2.21. The van der Waals surface area contributed by atoms with Crippen molar-refractivity contribution in [1.82, 2.24) is 9.88 Å². The number of para-hydroxylation sites is 1. The average molecular weight is 361 g/mol. The molecule has 140 valence electrons. The number of amides is 2. The summed E-state index contributed by atoms with van der Waals surface area (Å²) in [6, 6.07) is 4.77. The molecule has 1 aliphatic heterocycles. The highest BCUT2D eigenvalue weighted by atomic mass is 16.5. The van der Waals surface area contributed by atoms with E-state index in [1.165, 1.54) is 4.57 Å². The second-order valence-electron chi connectivity index (χ2n) is 6.33. The van der Waals surface area contributed by atoms with Gasteiger partial charge in [-0.05, 0) is 43.9 Å². The van der Waals surface area contributed by atoms with Crippen LogP contribution in [0.2, 0.25) is 0 Å². The van der Waals surface area contributed by atoms with Crippen LogP contribution >= 0.6 is 0 Å². The molecule has 1 fully saturated rings. The molecule has 2 aromatic rings. The van der Waals surface area contributed by atoms with Crippen LogP contribution in [0, 0.1) is 0 Å². The van der Waals surface area contributed by atoms with E-state index in [4.69, 9.17) is 14.9 Å². The van der Waals surface area contributed by atoms with Gasteiger partial charge in [0, 0.05) is 19.6 Å². The van der Waals surface area contributed by atoms with E-state index in [0.29, 0.717) is 43.7 Å². The molecule has 0 saturated carbocycles. The molecule has 1 atom stereocenters. The summed E-state index contributed by atoms with van der Waals surface area (Å²) in [7, 11) is 0. The number of rotatable bonds is 8. The maximum Gasteiger partial charge on any atom is 0.420 e. The number of oxazole rings is 1. The molecule has 0 spiro atoms. The van der Waals surface area contributed by atoms with Crippen LogP contribution in [-0.4, -0.2) is 36.1 Å². The van der Waals surface area contributed by atoms with Crippen molar-refractivity contribution in [2.75, 3.05) is 19.8 Å². The second kappa shape index (κ2) is 8.29. The van der Waals surface area contributed by atoms with E-state index in [9.17, 15) is 14.4 Å². The van der Waals surface area contributed by atoms with Crippen LogP contribution in [0.5, 0.6) is 0 Å². The molecule has 3 rings (SSSR count). The smallest absolute Gasteiger partial charge is 0.407 e. The summed E-state index contributed by atoms with van der Waals surface area (Å²) in [6.07, 6.45) is 2.81. The van der Waals surface area contributed by atoms with Crippen molar-refractivity contribution in [2.45, 2.75) is 38.1 Å². The first-order valence-electron chi connectivity index (χ1n) is 8.86. The molecule has 2 amide bonds. The summed E-state index contributed by atoms with van der Waals surface area (Å²) in [5.41, 5.74) is 7.38. The SMILES string of the molecule is NCCCOCCCc1cccc2c1oc(=O)n2C1CCC(=O)NC1=O. The Morgan fingerprint density at radius 3 is 2.81 bits per heavy atom. The Bertz CT molecular complexity index is 854. The van der Waals surface area contributed by atoms with Crippen LogP contribution in [0.4, 0.5) is 0 Å². The van der Waals surface area contributed by atoms with Gasteiger partial charge in [0.1, 0.15) is 6.04 Å². The Kier molecular flexibility index (Phi) is 5.85. The number of aryl methyl sites for hydroxylation is 1. The zero-order chi connectivity index (χ0) is 18.5. The van der Waals surface area contributed by atoms with Crippen molar-refractivity contribution in [1.29, 1.82) is 0 Å². The molecular weight excluding hydrogens is 338 g/mol. The average Bonchev–Trinajstić information content (AvgIpc) is 2.95. The predicted molar refractivity (Wildman–Crippen MR) is 94.7 cm³/mol. The van der Waals surface area contributed by atoms with Crippen LogP contribution < -0.4 is 16.8 Å². The monoisotopic (exact) mass is 361 g/mol. The highest BCUT2D eigenvalue weighted by Crippen LogP contribution is 2.25. The van der Waals surface area contributed by atoms with Crippen LogP contribution in [0.15, 0.2) is 27.4 Å². The van der Waals surface area contributed by atoms with Crippen molar-refractivity contribution in [3.8, 4) is 0 Å². The lowest BCUT2D eigenvalue weighted by atomic mass is 10.0. The zero-order valence-corrected chi connectivity index (χ0v) is 14.5. The number of carbonyl (C=O) groups excluding carboxylic acids is 2.